The van der Waals surface area contributed by atoms with Crippen LogP contribution in [-0.4, -0.2) is 48.5 Å². The Bertz CT molecular complexity index is 2800. The molecule has 0 aliphatic heterocycles. The van der Waals surface area contributed by atoms with Crippen LogP contribution in [0.4, 0.5) is 0 Å². The van der Waals surface area contributed by atoms with Crippen LogP contribution in [0.2, 0.25) is 0 Å². The molecule has 0 fully saturated rings. The van der Waals surface area contributed by atoms with Crippen LogP contribution in [0.15, 0.2) is 152 Å². The highest BCUT2D eigenvalue weighted by Gasteiger charge is 2.18. The Kier molecular flexibility index (Phi) is 12.6. The maximum absolute atomic E-state index is 13.6. The van der Waals surface area contributed by atoms with Crippen molar-refractivity contribution in [3.63, 3.8) is 0 Å². The molecule has 12 heteroatoms. The summed E-state index contributed by atoms with van der Waals surface area (Å²) in [5, 5.41) is 9.49. The molecular formula is C48H43N3O9. The first kappa shape index (κ1) is 39.6. The molecule has 0 aliphatic rings. The molecule has 0 amide bonds. The highest BCUT2D eigenvalue weighted by Crippen LogP contribution is 2.33. The van der Waals surface area contributed by atoms with Gasteiger partial charge in [0.25, 0.3) is 0 Å². The summed E-state index contributed by atoms with van der Waals surface area (Å²) in [7, 11) is 1.61. The SMILES string of the molecule is COc1cccc(COc2c(-c3ccc(OCCCCc4cn(CCOCCOc5ccc6c(=O)cc(-c7ccccc7)oc6c5)nn4)cc3)oc3ccccc3c2=O)c1. The molecule has 5 aromatic carbocycles. The number of fused-ring (bicyclic) bond motifs is 2. The summed E-state index contributed by atoms with van der Waals surface area (Å²) < 4.78 is 43.2. The number of methoxy groups -OCH3 is 1. The van der Waals surface area contributed by atoms with Gasteiger partial charge in [-0.25, -0.2) is 4.68 Å². The second-order valence-electron chi connectivity index (χ2n) is 14.0. The van der Waals surface area contributed by atoms with Crippen molar-refractivity contribution in [3.05, 3.63) is 165 Å². The number of hydrogen-bond acceptors (Lipinski definition) is 11. The standard InChI is InChI=1S/C48H43N3O9/c1-54-38-14-9-10-33(28-38)32-58-48-46(53)41-15-5-6-16-43(41)60-47(48)35-17-19-37(20-18-35)56-24-8-7-13-36-31-51(50-49-36)23-25-55-26-27-57-39-21-22-40-42(52)30-44(59-45(40)29-39)34-11-3-2-4-12-34/h2-6,9-12,14-22,28-31H,7-8,13,23-27,32H2,1H3. The predicted octanol–water partition coefficient (Wildman–Crippen LogP) is 8.91. The zero-order valence-corrected chi connectivity index (χ0v) is 33.1. The van der Waals surface area contributed by atoms with Crippen molar-refractivity contribution in [3.8, 4) is 45.6 Å². The van der Waals surface area contributed by atoms with E-state index in [9.17, 15) is 9.59 Å². The van der Waals surface area contributed by atoms with Crippen molar-refractivity contribution in [2.45, 2.75) is 32.4 Å². The van der Waals surface area contributed by atoms with Crippen LogP contribution in [0.5, 0.6) is 23.0 Å². The van der Waals surface area contributed by atoms with Gasteiger partial charge in [-0.3, -0.25) is 9.59 Å². The Hall–Kier alpha value is -7.18. The van der Waals surface area contributed by atoms with Gasteiger partial charge >= 0.3 is 0 Å². The molecule has 0 radical (unpaired) electrons. The van der Waals surface area contributed by atoms with Gasteiger partial charge in [0.2, 0.25) is 11.2 Å². The van der Waals surface area contributed by atoms with Gasteiger partial charge in [0.1, 0.15) is 47.4 Å². The zero-order valence-electron chi connectivity index (χ0n) is 33.1. The average Bonchev–Trinajstić information content (AvgIpc) is 3.75. The molecule has 60 heavy (non-hydrogen) atoms. The Morgan fingerprint density at radius 3 is 2.32 bits per heavy atom. The molecule has 3 aromatic heterocycles. The van der Waals surface area contributed by atoms with Crippen LogP contribution in [0.3, 0.4) is 0 Å². The van der Waals surface area contributed by atoms with E-state index in [1.54, 1.807) is 48.2 Å². The van der Waals surface area contributed by atoms with E-state index in [0.717, 1.165) is 36.1 Å². The lowest BCUT2D eigenvalue weighted by molar-refractivity contribution is 0.0923. The number of para-hydroxylation sites is 1. The van der Waals surface area contributed by atoms with Crippen molar-refractivity contribution in [1.29, 1.82) is 0 Å². The molecule has 8 aromatic rings. The molecule has 0 saturated carbocycles. The van der Waals surface area contributed by atoms with Crippen molar-refractivity contribution in [2.24, 2.45) is 0 Å². The minimum atomic E-state index is -0.236. The lowest BCUT2D eigenvalue weighted by Gasteiger charge is -2.13. The molecule has 0 unspecified atom stereocenters. The third-order valence-corrected chi connectivity index (χ3v) is 9.79. The van der Waals surface area contributed by atoms with Gasteiger partial charge in [-0.1, -0.05) is 59.8 Å². The molecule has 0 atom stereocenters. The molecular weight excluding hydrogens is 763 g/mol. The van der Waals surface area contributed by atoms with Crippen molar-refractivity contribution in [2.75, 3.05) is 33.5 Å². The van der Waals surface area contributed by atoms with Gasteiger partial charge in [0, 0.05) is 29.5 Å². The highest BCUT2D eigenvalue weighted by atomic mass is 16.5. The quantitative estimate of drug-likeness (QED) is 0.0725. The molecule has 0 spiro atoms. The summed E-state index contributed by atoms with van der Waals surface area (Å²) >= 11 is 0. The number of aromatic nitrogens is 3. The second kappa shape index (κ2) is 19.0. The monoisotopic (exact) mass is 805 g/mol. The number of benzene rings is 5. The number of unbranched alkanes of at least 4 members (excludes halogenated alkanes) is 1. The second-order valence-corrected chi connectivity index (χ2v) is 14.0. The molecule has 0 aliphatic carbocycles. The fourth-order valence-electron chi connectivity index (χ4n) is 6.68. The van der Waals surface area contributed by atoms with E-state index in [2.05, 4.69) is 10.3 Å². The van der Waals surface area contributed by atoms with Crippen LogP contribution in [0, 0.1) is 0 Å². The molecule has 304 valence electrons. The van der Waals surface area contributed by atoms with Crippen LogP contribution >= 0.6 is 0 Å². The normalized spacial score (nSPS) is 11.2. The third-order valence-electron chi connectivity index (χ3n) is 9.79. The molecule has 0 bridgehead atoms. The van der Waals surface area contributed by atoms with Crippen LogP contribution in [0.25, 0.3) is 44.6 Å². The topological polar surface area (TPSA) is 137 Å². The first-order chi connectivity index (χ1) is 29.5. The van der Waals surface area contributed by atoms with Gasteiger partial charge in [-0.2, -0.15) is 0 Å². The van der Waals surface area contributed by atoms with E-state index in [4.69, 9.17) is 32.5 Å². The van der Waals surface area contributed by atoms with Crippen molar-refractivity contribution < 1.29 is 32.5 Å². The van der Waals surface area contributed by atoms with E-state index in [0.29, 0.717) is 89.2 Å². The molecule has 0 N–H and O–H groups in total. The number of ether oxygens (including phenoxy) is 5. The van der Waals surface area contributed by atoms with Crippen LogP contribution in [-0.2, 0) is 24.3 Å². The van der Waals surface area contributed by atoms with E-state index in [1.165, 1.54) is 6.07 Å². The first-order valence-corrected chi connectivity index (χ1v) is 19.8. The van der Waals surface area contributed by atoms with Gasteiger partial charge in [0.15, 0.2) is 11.2 Å². The fourth-order valence-corrected chi connectivity index (χ4v) is 6.68. The Labute approximate surface area is 345 Å². The average molecular weight is 806 g/mol. The summed E-state index contributed by atoms with van der Waals surface area (Å²) in [5.41, 5.74) is 3.92. The smallest absolute Gasteiger partial charge is 0.235 e. The van der Waals surface area contributed by atoms with E-state index in [1.807, 2.05) is 91.1 Å². The summed E-state index contributed by atoms with van der Waals surface area (Å²) in [6, 6.07) is 38.4. The number of rotatable bonds is 19. The van der Waals surface area contributed by atoms with Gasteiger partial charge < -0.3 is 32.5 Å². The fraction of sp³-hybridized carbons (Fsp3) is 0.208. The van der Waals surface area contributed by atoms with E-state index in [-0.39, 0.29) is 23.2 Å². The minimum absolute atomic E-state index is 0.102. The zero-order chi connectivity index (χ0) is 41.1. The minimum Gasteiger partial charge on any atom is -0.497 e. The van der Waals surface area contributed by atoms with Crippen molar-refractivity contribution >= 4 is 21.9 Å². The number of hydrogen-bond donors (Lipinski definition) is 0. The van der Waals surface area contributed by atoms with Gasteiger partial charge in [-0.05, 0) is 85.5 Å². The van der Waals surface area contributed by atoms with Crippen LogP contribution < -0.4 is 29.8 Å². The predicted molar refractivity (Wildman–Crippen MR) is 228 cm³/mol. The number of aryl methyl sites for hydroxylation is 1. The lowest BCUT2D eigenvalue weighted by Crippen LogP contribution is -2.12. The maximum atomic E-state index is 13.6. The van der Waals surface area contributed by atoms with Gasteiger partial charge in [-0.15, -0.1) is 5.10 Å². The molecule has 8 rings (SSSR count). The summed E-state index contributed by atoms with van der Waals surface area (Å²) in [5.74, 6) is 3.03. The summed E-state index contributed by atoms with van der Waals surface area (Å²) in [4.78, 5) is 26.2. The molecule has 0 saturated heterocycles. The van der Waals surface area contributed by atoms with E-state index >= 15 is 0 Å². The number of nitrogens with zero attached hydrogens (tertiary/aromatic N) is 3. The lowest BCUT2D eigenvalue weighted by atomic mass is 10.1. The first-order valence-electron chi connectivity index (χ1n) is 19.8. The highest BCUT2D eigenvalue weighted by molar-refractivity contribution is 5.82. The Balaban J connectivity index is 0.759. The summed E-state index contributed by atoms with van der Waals surface area (Å²) in [6.45, 7) is 2.45. The largest absolute Gasteiger partial charge is 0.497 e. The molecule has 3 heterocycles. The summed E-state index contributed by atoms with van der Waals surface area (Å²) in [6.07, 6.45) is 4.42. The van der Waals surface area contributed by atoms with Crippen molar-refractivity contribution in [1.82, 2.24) is 15.0 Å². The maximum Gasteiger partial charge on any atom is 0.235 e. The molecule has 12 nitrogen and oxygen atoms in total. The van der Waals surface area contributed by atoms with Crippen LogP contribution in [0.1, 0.15) is 24.1 Å². The third kappa shape index (κ3) is 9.74. The Morgan fingerprint density at radius 1 is 0.633 bits per heavy atom. The van der Waals surface area contributed by atoms with E-state index < -0.39 is 0 Å². The van der Waals surface area contributed by atoms with Gasteiger partial charge in [0.05, 0.1) is 49.9 Å². The Morgan fingerprint density at radius 2 is 1.45 bits per heavy atom.